The van der Waals surface area contributed by atoms with Gasteiger partial charge in [0.05, 0.1) is 7.11 Å². The summed E-state index contributed by atoms with van der Waals surface area (Å²) in [6.45, 7) is 3.76. The van der Waals surface area contributed by atoms with Gasteiger partial charge in [-0.25, -0.2) is 9.59 Å². The lowest BCUT2D eigenvalue weighted by molar-refractivity contribution is -0.143. The quantitative estimate of drug-likeness (QED) is 0.530. The highest BCUT2D eigenvalue weighted by Gasteiger charge is 2.42. The first-order valence-electron chi connectivity index (χ1n) is 5.29. The molecule has 0 N–H and O–H groups in total. The van der Waals surface area contributed by atoms with Crippen molar-refractivity contribution in [2.24, 2.45) is 11.8 Å². The number of cyclic esters (lactones) is 1. The maximum atomic E-state index is 11.4. The summed E-state index contributed by atoms with van der Waals surface area (Å²) in [4.78, 5) is 22.4. The highest BCUT2D eigenvalue weighted by atomic mass is 16.5. The maximum absolute atomic E-state index is 11.4. The molecule has 1 heterocycles. The Morgan fingerprint density at radius 2 is 2.31 bits per heavy atom. The molecular weight excluding hydrogens is 208 g/mol. The third-order valence-corrected chi connectivity index (χ3v) is 3.01. The second-order valence-corrected chi connectivity index (χ2v) is 4.14. The highest BCUT2D eigenvalue weighted by molar-refractivity contribution is 5.89. The summed E-state index contributed by atoms with van der Waals surface area (Å²) in [6, 6.07) is 0. The van der Waals surface area contributed by atoms with Crippen LogP contribution in [0.4, 0.5) is 0 Å². The number of hydrogen-bond acceptors (Lipinski definition) is 4. The molecule has 2 aliphatic rings. The van der Waals surface area contributed by atoms with Gasteiger partial charge in [0, 0.05) is 17.6 Å². The van der Waals surface area contributed by atoms with Gasteiger partial charge in [0.2, 0.25) is 0 Å². The van der Waals surface area contributed by atoms with Crippen LogP contribution < -0.4 is 0 Å². The summed E-state index contributed by atoms with van der Waals surface area (Å²) >= 11 is 0. The van der Waals surface area contributed by atoms with Gasteiger partial charge in [0.1, 0.15) is 6.10 Å². The number of carbonyl (C=O) groups is 2. The summed E-state index contributed by atoms with van der Waals surface area (Å²) in [5, 5.41) is 0. The summed E-state index contributed by atoms with van der Waals surface area (Å²) in [6.07, 6.45) is 4.82. The van der Waals surface area contributed by atoms with E-state index in [1.807, 2.05) is 0 Å². The molecule has 0 aromatic carbocycles. The van der Waals surface area contributed by atoms with Crippen molar-refractivity contribution in [1.82, 2.24) is 0 Å². The largest absolute Gasteiger partial charge is 0.466 e. The number of rotatable bonds is 4. The lowest BCUT2D eigenvalue weighted by Gasteiger charge is -2.22. The van der Waals surface area contributed by atoms with Crippen molar-refractivity contribution in [2.45, 2.75) is 18.9 Å². The van der Waals surface area contributed by atoms with Gasteiger partial charge in [-0.15, -0.1) is 0 Å². The normalized spacial score (nSPS) is 25.1. The van der Waals surface area contributed by atoms with E-state index in [1.165, 1.54) is 13.2 Å². The van der Waals surface area contributed by atoms with Crippen molar-refractivity contribution in [3.8, 4) is 0 Å². The monoisotopic (exact) mass is 222 g/mol. The van der Waals surface area contributed by atoms with Gasteiger partial charge in [0.25, 0.3) is 0 Å². The zero-order valence-corrected chi connectivity index (χ0v) is 9.14. The number of ether oxygens (including phenoxy) is 2. The third kappa shape index (κ3) is 2.01. The first kappa shape index (κ1) is 10.9. The van der Waals surface area contributed by atoms with E-state index in [-0.39, 0.29) is 18.0 Å². The predicted octanol–water partition coefficient (Wildman–Crippen LogP) is 1.22. The summed E-state index contributed by atoms with van der Waals surface area (Å²) in [5.41, 5.74) is 0.398. The molecule has 0 unspecified atom stereocenters. The van der Waals surface area contributed by atoms with Crippen molar-refractivity contribution < 1.29 is 19.1 Å². The van der Waals surface area contributed by atoms with Crippen LogP contribution in [0.1, 0.15) is 12.8 Å². The first-order valence-corrected chi connectivity index (χ1v) is 5.29. The zero-order chi connectivity index (χ0) is 11.7. The fraction of sp³-hybridized carbons (Fsp3) is 0.500. The maximum Gasteiger partial charge on any atom is 0.333 e. The van der Waals surface area contributed by atoms with Crippen LogP contribution in [0.25, 0.3) is 0 Å². The van der Waals surface area contributed by atoms with Gasteiger partial charge in [0.15, 0.2) is 0 Å². The third-order valence-electron chi connectivity index (χ3n) is 3.01. The molecule has 0 aromatic rings. The molecule has 86 valence electrons. The lowest BCUT2D eigenvalue weighted by Crippen LogP contribution is -2.27. The van der Waals surface area contributed by atoms with Gasteiger partial charge in [-0.2, -0.15) is 0 Å². The standard InChI is InChI=1S/C12H14O4/c1-7(12(14)15-2)11(8-3-4-8)9-5-6-10(13)16-9/h5-6,8-9,11H,1,3-4H2,2H3/t9-,11-/m0/s1. The Morgan fingerprint density at radius 1 is 1.62 bits per heavy atom. The van der Waals surface area contributed by atoms with E-state index in [4.69, 9.17) is 4.74 Å². The molecular formula is C12H14O4. The zero-order valence-electron chi connectivity index (χ0n) is 9.14. The van der Waals surface area contributed by atoms with Gasteiger partial charge in [-0.3, -0.25) is 0 Å². The van der Waals surface area contributed by atoms with E-state index in [2.05, 4.69) is 11.3 Å². The summed E-state index contributed by atoms with van der Waals surface area (Å²) < 4.78 is 9.78. The van der Waals surface area contributed by atoms with E-state index in [0.717, 1.165) is 12.8 Å². The van der Waals surface area contributed by atoms with Crippen LogP contribution in [0.5, 0.6) is 0 Å². The van der Waals surface area contributed by atoms with Crippen molar-refractivity contribution >= 4 is 11.9 Å². The molecule has 1 saturated carbocycles. The van der Waals surface area contributed by atoms with Crippen molar-refractivity contribution in [1.29, 1.82) is 0 Å². The lowest BCUT2D eigenvalue weighted by atomic mass is 9.89. The Bertz CT molecular complexity index is 365. The van der Waals surface area contributed by atoms with Crippen molar-refractivity contribution in [3.63, 3.8) is 0 Å². The molecule has 2 atom stereocenters. The average molecular weight is 222 g/mol. The second-order valence-electron chi connectivity index (χ2n) is 4.14. The van der Waals surface area contributed by atoms with Crippen LogP contribution in [-0.2, 0) is 19.1 Å². The number of methoxy groups -OCH3 is 1. The van der Waals surface area contributed by atoms with Gasteiger partial charge >= 0.3 is 11.9 Å². The molecule has 4 nitrogen and oxygen atoms in total. The van der Waals surface area contributed by atoms with Gasteiger partial charge < -0.3 is 9.47 Å². The fourth-order valence-corrected chi connectivity index (χ4v) is 2.05. The Labute approximate surface area is 93.9 Å². The molecule has 0 radical (unpaired) electrons. The molecule has 1 aliphatic heterocycles. The van der Waals surface area contributed by atoms with Crippen LogP contribution in [0.2, 0.25) is 0 Å². The summed E-state index contributed by atoms with van der Waals surface area (Å²) in [5.74, 6) is -0.524. The van der Waals surface area contributed by atoms with Crippen LogP contribution >= 0.6 is 0 Å². The predicted molar refractivity (Wildman–Crippen MR) is 56.4 cm³/mol. The first-order chi connectivity index (χ1) is 7.63. The van der Waals surface area contributed by atoms with Crippen LogP contribution in [0.3, 0.4) is 0 Å². The van der Waals surface area contributed by atoms with E-state index in [0.29, 0.717) is 11.5 Å². The van der Waals surface area contributed by atoms with Crippen LogP contribution in [0, 0.1) is 11.8 Å². The number of hydrogen-bond donors (Lipinski definition) is 0. The van der Waals surface area contributed by atoms with Crippen LogP contribution in [0.15, 0.2) is 24.3 Å². The van der Waals surface area contributed by atoms with Crippen LogP contribution in [-0.4, -0.2) is 25.2 Å². The SMILES string of the molecule is C=C(C(=O)OC)[C@@H](C1CC1)[C@@H]1C=CC(=O)O1. The molecule has 16 heavy (non-hydrogen) atoms. The van der Waals surface area contributed by atoms with E-state index >= 15 is 0 Å². The summed E-state index contributed by atoms with van der Waals surface area (Å²) in [7, 11) is 1.33. The Morgan fingerprint density at radius 3 is 2.75 bits per heavy atom. The molecule has 0 aromatic heterocycles. The molecule has 4 heteroatoms. The van der Waals surface area contributed by atoms with E-state index in [1.54, 1.807) is 6.08 Å². The van der Waals surface area contributed by atoms with Gasteiger partial charge in [-0.1, -0.05) is 6.58 Å². The Kier molecular flexibility index (Phi) is 2.81. The van der Waals surface area contributed by atoms with Gasteiger partial charge in [-0.05, 0) is 24.8 Å². The van der Waals surface area contributed by atoms with E-state index < -0.39 is 5.97 Å². The topological polar surface area (TPSA) is 52.6 Å². The minimum absolute atomic E-state index is 0.129. The molecule has 0 saturated heterocycles. The Hall–Kier alpha value is -1.58. The molecule has 0 bridgehead atoms. The van der Waals surface area contributed by atoms with E-state index in [9.17, 15) is 9.59 Å². The highest BCUT2D eigenvalue weighted by Crippen LogP contribution is 2.44. The fourth-order valence-electron chi connectivity index (χ4n) is 2.05. The van der Waals surface area contributed by atoms with Crippen molar-refractivity contribution in [2.75, 3.05) is 7.11 Å². The molecule has 0 amide bonds. The Balaban J connectivity index is 2.11. The second kappa shape index (κ2) is 4.12. The average Bonchev–Trinajstić information content (AvgIpc) is 3.01. The minimum atomic E-state index is -0.423. The van der Waals surface area contributed by atoms with Crippen molar-refractivity contribution in [3.05, 3.63) is 24.3 Å². The minimum Gasteiger partial charge on any atom is -0.466 e. The molecule has 1 aliphatic carbocycles. The molecule has 0 spiro atoms. The molecule has 2 rings (SSSR count). The molecule has 1 fully saturated rings. The number of esters is 2. The number of carbonyl (C=O) groups excluding carboxylic acids is 2. The smallest absolute Gasteiger partial charge is 0.333 e.